The Bertz CT molecular complexity index is 940. The second-order valence-corrected chi connectivity index (χ2v) is 5.39. The zero-order chi connectivity index (χ0) is 14.2. The summed E-state index contributed by atoms with van der Waals surface area (Å²) in [7, 11) is 0. The van der Waals surface area contributed by atoms with Crippen LogP contribution in [0.4, 0.5) is 0 Å². The molecule has 0 aliphatic heterocycles. The summed E-state index contributed by atoms with van der Waals surface area (Å²) in [5, 5.41) is 3.71. The molecule has 0 aliphatic rings. The minimum Gasteiger partial charge on any atom is -0.247 e. The van der Waals surface area contributed by atoms with Crippen LogP contribution >= 0.6 is 0 Å². The van der Waals surface area contributed by atoms with E-state index in [9.17, 15) is 0 Å². The minimum absolute atomic E-state index is 1.05. The molecule has 4 rings (SSSR count). The van der Waals surface area contributed by atoms with Gasteiger partial charge in [-0.15, -0.1) is 0 Å². The Labute approximate surface area is 123 Å². The van der Waals surface area contributed by atoms with Crippen molar-refractivity contribution in [2.24, 2.45) is 0 Å². The van der Waals surface area contributed by atoms with Gasteiger partial charge >= 0.3 is 0 Å². The molecule has 1 heterocycles. The van der Waals surface area contributed by atoms with Crippen molar-refractivity contribution in [3.8, 4) is 11.3 Å². The number of aromatic nitrogens is 1. The highest BCUT2D eigenvalue weighted by Crippen LogP contribution is 2.32. The van der Waals surface area contributed by atoms with E-state index >= 15 is 0 Å². The summed E-state index contributed by atoms with van der Waals surface area (Å²) in [6.07, 6.45) is 0. The molecule has 0 radical (unpaired) electrons. The fourth-order valence-electron chi connectivity index (χ4n) is 2.88. The Hall–Kier alpha value is -2.67. The van der Waals surface area contributed by atoms with E-state index < -0.39 is 0 Å². The lowest BCUT2D eigenvalue weighted by atomic mass is 9.98. The van der Waals surface area contributed by atoms with Crippen LogP contribution in [0.25, 0.3) is 32.9 Å². The van der Waals surface area contributed by atoms with Crippen molar-refractivity contribution in [3.05, 3.63) is 78.4 Å². The molecule has 0 aliphatic carbocycles. The SMILES string of the molecule is Cc1ccc2c(-c3ccccc3)nc3ccccc3c2c1. The maximum Gasteiger partial charge on any atom is 0.0788 e. The summed E-state index contributed by atoms with van der Waals surface area (Å²) in [4.78, 5) is 4.90. The molecule has 0 bridgehead atoms. The second kappa shape index (κ2) is 4.71. The first kappa shape index (κ1) is 12.1. The van der Waals surface area contributed by atoms with Gasteiger partial charge in [-0.2, -0.15) is 0 Å². The van der Waals surface area contributed by atoms with Gasteiger partial charge in [0.25, 0.3) is 0 Å². The number of rotatable bonds is 1. The van der Waals surface area contributed by atoms with Crippen LogP contribution < -0.4 is 0 Å². The molecule has 21 heavy (non-hydrogen) atoms. The first-order chi connectivity index (χ1) is 10.3. The van der Waals surface area contributed by atoms with Crippen molar-refractivity contribution in [3.63, 3.8) is 0 Å². The van der Waals surface area contributed by atoms with Crippen LogP contribution in [0.5, 0.6) is 0 Å². The first-order valence-corrected chi connectivity index (χ1v) is 7.17. The molecule has 0 saturated heterocycles. The van der Waals surface area contributed by atoms with Gasteiger partial charge < -0.3 is 0 Å². The molecule has 0 unspecified atom stereocenters. The molecule has 3 aromatic carbocycles. The number of benzene rings is 3. The van der Waals surface area contributed by atoms with Gasteiger partial charge in [0, 0.05) is 16.3 Å². The van der Waals surface area contributed by atoms with Gasteiger partial charge in [-0.3, -0.25) is 0 Å². The maximum absolute atomic E-state index is 4.90. The van der Waals surface area contributed by atoms with Crippen LogP contribution in [0.15, 0.2) is 72.8 Å². The highest BCUT2D eigenvalue weighted by atomic mass is 14.7. The van der Waals surface area contributed by atoms with Crippen LogP contribution in [-0.4, -0.2) is 4.98 Å². The van der Waals surface area contributed by atoms with E-state index in [0.717, 1.165) is 16.8 Å². The van der Waals surface area contributed by atoms with Crippen LogP contribution in [-0.2, 0) is 0 Å². The van der Waals surface area contributed by atoms with E-state index in [4.69, 9.17) is 4.98 Å². The molecule has 1 heteroatoms. The predicted molar refractivity (Wildman–Crippen MR) is 89.4 cm³/mol. The predicted octanol–water partition coefficient (Wildman–Crippen LogP) is 5.36. The third-order valence-corrected chi connectivity index (χ3v) is 3.90. The van der Waals surface area contributed by atoms with E-state index in [0.29, 0.717) is 0 Å². The molecular weight excluding hydrogens is 254 g/mol. The summed E-state index contributed by atoms with van der Waals surface area (Å²) >= 11 is 0. The summed E-state index contributed by atoms with van der Waals surface area (Å²) in [6.45, 7) is 2.14. The van der Waals surface area contributed by atoms with Crippen molar-refractivity contribution in [2.75, 3.05) is 0 Å². The summed E-state index contributed by atoms with van der Waals surface area (Å²) in [5.74, 6) is 0. The Balaban J connectivity index is 2.19. The monoisotopic (exact) mass is 269 g/mol. The first-order valence-electron chi connectivity index (χ1n) is 7.17. The molecule has 0 fully saturated rings. The molecule has 1 nitrogen and oxygen atoms in total. The van der Waals surface area contributed by atoms with Gasteiger partial charge in [-0.25, -0.2) is 4.98 Å². The van der Waals surface area contributed by atoms with Gasteiger partial charge in [0.05, 0.1) is 11.2 Å². The normalized spacial score (nSPS) is 11.1. The van der Waals surface area contributed by atoms with Gasteiger partial charge in [0.1, 0.15) is 0 Å². The highest BCUT2D eigenvalue weighted by Gasteiger charge is 2.09. The van der Waals surface area contributed by atoms with E-state index in [-0.39, 0.29) is 0 Å². The molecule has 0 spiro atoms. The Morgan fingerprint density at radius 1 is 0.667 bits per heavy atom. The lowest BCUT2D eigenvalue weighted by Crippen LogP contribution is -1.90. The average molecular weight is 269 g/mol. The number of pyridine rings is 1. The van der Waals surface area contributed by atoms with Crippen molar-refractivity contribution in [2.45, 2.75) is 6.92 Å². The van der Waals surface area contributed by atoms with Crippen molar-refractivity contribution < 1.29 is 0 Å². The maximum atomic E-state index is 4.90. The minimum atomic E-state index is 1.05. The van der Waals surface area contributed by atoms with E-state index in [2.05, 4.69) is 67.6 Å². The summed E-state index contributed by atoms with van der Waals surface area (Å²) < 4.78 is 0. The van der Waals surface area contributed by atoms with Gasteiger partial charge in [-0.1, -0.05) is 72.3 Å². The summed E-state index contributed by atoms with van der Waals surface area (Å²) in [5.41, 5.74) is 4.55. The molecule has 4 aromatic rings. The van der Waals surface area contributed by atoms with Crippen molar-refractivity contribution in [1.82, 2.24) is 4.98 Å². The largest absolute Gasteiger partial charge is 0.247 e. The standard InChI is InChI=1S/C20H15N/c1-14-11-12-17-18(13-14)16-9-5-6-10-19(16)21-20(17)15-7-3-2-4-8-15/h2-13H,1H3. The average Bonchev–Trinajstić information content (AvgIpc) is 2.55. The number of fused-ring (bicyclic) bond motifs is 3. The topological polar surface area (TPSA) is 12.9 Å². The number of hydrogen-bond acceptors (Lipinski definition) is 1. The van der Waals surface area contributed by atoms with E-state index in [1.807, 2.05) is 12.1 Å². The van der Waals surface area contributed by atoms with Crippen LogP contribution in [0.1, 0.15) is 5.56 Å². The van der Waals surface area contributed by atoms with Crippen LogP contribution in [0, 0.1) is 6.92 Å². The second-order valence-electron chi connectivity index (χ2n) is 5.39. The fourth-order valence-corrected chi connectivity index (χ4v) is 2.88. The van der Waals surface area contributed by atoms with Crippen molar-refractivity contribution >= 4 is 21.7 Å². The molecular formula is C20H15N. The zero-order valence-electron chi connectivity index (χ0n) is 11.9. The Kier molecular flexibility index (Phi) is 2.71. The number of nitrogens with zero attached hydrogens (tertiary/aromatic N) is 1. The van der Waals surface area contributed by atoms with Gasteiger partial charge in [-0.05, 0) is 18.4 Å². The third kappa shape index (κ3) is 1.98. The van der Waals surface area contributed by atoms with Gasteiger partial charge in [0.15, 0.2) is 0 Å². The van der Waals surface area contributed by atoms with Crippen LogP contribution in [0.2, 0.25) is 0 Å². The molecule has 1 aromatic heterocycles. The Morgan fingerprint density at radius 3 is 2.29 bits per heavy atom. The van der Waals surface area contributed by atoms with Crippen molar-refractivity contribution in [1.29, 1.82) is 0 Å². The summed E-state index contributed by atoms with van der Waals surface area (Å²) in [6, 6.07) is 25.4. The zero-order valence-corrected chi connectivity index (χ0v) is 11.9. The number of para-hydroxylation sites is 1. The highest BCUT2D eigenvalue weighted by molar-refractivity contribution is 6.11. The quantitative estimate of drug-likeness (QED) is 0.424. The number of aryl methyl sites for hydroxylation is 1. The van der Waals surface area contributed by atoms with Crippen LogP contribution in [0.3, 0.4) is 0 Å². The molecule has 0 atom stereocenters. The Morgan fingerprint density at radius 2 is 1.43 bits per heavy atom. The van der Waals surface area contributed by atoms with Gasteiger partial charge in [0.2, 0.25) is 0 Å². The lowest BCUT2D eigenvalue weighted by Gasteiger charge is -2.10. The molecule has 0 saturated carbocycles. The molecule has 0 N–H and O–H groups in total. The smallest absolute Gasteiger partial charge is 0.0788 e. The van der Waals surface area contributed by atoms with E-state index in [1.54, 1.807) is 0 Å². The van der Waals surface area contributed by atoms with E-state index in [1.165, 1.54) is 21.7 Å². The third-order valence-electron chi connectivity index (χ3n) is 3.90. The molecule has 100 valence electrons. The fraction of sp³-hybridized carbons (Fsp3) is 0.0500. The number of hydrogen-bond donors (Lipinski definition) is 0. The lowest BCUT2D eigenvalue weighted by molar-refractivity contribution is 1.42. The molecule has 0 amide bonds.